The number of hydrogen-bond acceptors (Lipinski definition) is 3. The molecule has 2 aromatic carbocycles. The molecule has 2 aromatic rings. The maximum absolute atomic E-state index is 13.8. The van der Waals surface area contributed by atoms with Crippen molar-refractivity contribution in [3.8, 4) is 0 Å². The first-order valence-corrected chi connectivity index (χ1v) is 14.8. The molecule has 0 atom stereocenters. The van der Waals surface area contributed by atoms with Crippen LogP contribution in [0.15, 0.2) is 42.5 Å². The van der Waals surface area contributed by atoms with Gasteiger partial charge in [-0.3, -0.25) is 0 Å². The number of esters is 1. The molecule has 1 aliphatic carbocycles. The Labute approximate surface area is 196 Å². The van der Waals surface area contributed by atoms with E-state index in [4.69, 9.17) is 4.74 Å². The molecule has 6 heteroatoms. The third-order valence-electron chi connectivity index (χ3n) is 7.93. The fourth-order valence-electron chi connectivity index (χ4n) is 5.99. The number of anilines is 1. The summed E-state index contributed by atoms with van der Waals surface area (Å²) < 4.78 is 19.5. The van der Waals surface area contributed by atoms with Crippen LogP contribution in [0.4, 0.5) is 10.1 Å². The summed E-state index contributed by atoms with van der Waals surface area (Å²) in [4.78, 5) is 26.9. The molecular formula is C27H35FNO3P. The zero-order valence-corrected chi connectivity index (χ0v) is 20.7. The Morgan fingerprint density at radius 3 is 2.21 bits per heavy atom. The topological polar surface area (TPSA) is 55.4 Å². The molecule has 1 N–H and O–H groups in total. The molecule has 1 saturated heterocycles. The molecule has 1 aliphatic heterocycles. The van der Waals surface area contributed by atoms with E-state index in [0.29, 0.717) is 11.8 Å². The molecule has 0 spiro atoms. The third kappa shape index (κ3) is 4.84. The number of hydrogen-bond donors (Lipinski definition) is 1. The number of carbonyl (C=O) groups excluding carboxylic acids is 2. The third-order valence-corrected chi connectivity index (χ3v) is 14.3. The Balaban J connectivity index is 1.55. The first kappa shape index (κ1) is 23.9. The van der Waals surface area contributed by atoms with Crippen molar-refractivity contribution in [2.75, 3.05) is 23.8 Å². The van der Waals surface area contributed by atoms with Gasteiger partial charge >= 0.3 is 196 Å². The van der Waals surface area contributed by atoms with Crippen LogP contribution in [0.5, 0.6) is 0 Å². The van der Waals surface area contributed by atoms with Gasteiger partial charge in [0.1, 0.15) is 0 Å². The van der Waals surface area contributed by atoms with Gasteiger partial charge in [-0.15, -0.1) is 0 Å². The molecule has 2 aliphatic rings. The van der Waals surface area contributed by atoms with Crippen LogP contribution >= 0.6 is 7.26 Å². The first-order chi connectivity index (χ1) is 15.9. The quantitative estimate of drug-likeness (QED) is 0.399. The number of rotatable bonds is 7. The van der Waals surface area contributed by atoms with Crippen LogP contribution < -0.4 is 5.32 Å². The summed E-state index contributed by atoms with van der Waals surface area (Å²) in [5, 5.41) is 2.74. The minimum atomic E-state index is -2.27. The van der Waals surface area contributed by atoms with Crippen molar-refractivity contribution in [1.82, 2.24) is 0 Å². The second kappa shape index (κ2) is 9.93. The molecule has 33 heavy (non-hydrogen) atoms. The van der Waals surface area contributed by atoms with E-state index in [1.165, 1.54) is 18.6 Å². The van der Waals surface area contributed by atoms with E-state index in [0.717, 1.165) is 61.1 Å². The molecule has 0 aromatic heterocycles. The van der Waals surface area contributed by atoms with Crippen LogP contribution in [0.25, 0.3) is 0 Å². The molecule has 1 saturated carbocycles. The van der Waals surface area contributed by atoms with Crippen LogP contribution in [-0.4, -0.2) is 35.5 Å². The van der Waals surface area contributed by atoms with Crippen LogP contribution in [0.2, 0.25) is 0 Å². The van der Waals surface area contributed by atoms with E-state index in [2.05, 4.69) is 5.32 Å². The van der Waals surface area contributed by atoms with E-state index in [1.807, 2.05) is 44.2 Å². The Morgan fingerprint density at radius 2 is 1.64 bits per heavy atom. The predicted molar refractivity (Wildman–Crippen MR) is 134 cm³/mol. The van der Waals surface area contributed by atoms with E-state index in [1.54, 1.807) is 0 Å². The van der Waals surface area contributed by atoms with Gasteiger partial charge in [-0.1, -0.05) is 0 Å². The maximum atomic E-state index is 13.8. The summed E-state index contributed by atoms with van der Waals surface area (Å²) in [5.74, 6) is -0.419. The Kier molecular flexibility index (Phi) is 7.19. The number of nitrogens with one attached hydrogen (secondary N) is 1. The first-order valence-electron chi connectivity index (χ1n) is 12.1. The Bertz CT molecular complexity index is 990. The molecule has 0 radical (unpaired) electrons. The van der Waals surface area contributed by atoms with Crippen molar-refractivity contribution < 1.29 is 18.7 Å². The second-order valence-electron chi connectivity index (χ2n) is 9.97. The molecule has 4 rings (SSSR count). The Morgan fingerprint density at radius 1 is 1.00 bits per heavy atom. The van der Waals surface area contributed by atoms with Crippen molar-refractivity contribution in [2.24, 2.45) is 0 Å². The fourth-order valence-corrected chi connectivity index (χ4v) is 12.4. The molecule has 4 nitrogen and oxygen atoms in total. The van der Waals surface area contributed by atoms with Gasteiger partial charge in [0.05, 0.1) is 0 Å². The monoisotopic (exact) mass is 471 g/mol. The number of aryl methyl sites for hydroxylation is 2. The predicted octanol–water partition coefficient (Wildman–Crippen LogP) is 5.98. The zero-order chi connectivity index (χ0) is 23.5. The average Bonchev–Trinajstić information content (AvgIpc) is 2.75. The van der Waals surface area contributed by atoms with Crippen molar-refractivity contribution in [2.45, 2.75) is 64.1 Å². The van der Waals surface area contributed by atoms with Gasteiger partial charge in [-0.25, -0.2) is 0 Å². The molecule has 0 unspecified atom stereocenters. The van der Waals surface area contributed by atoms with Crippen LogP contribution in [0.1, 0.15) is 55.2 Å². The summed E-state index contributed by atoms with van der Waals surface area (Å²) in [5.41, 5.74) is 3.15. The normalized spacial score (nSPS) is 19.7. The van der Waals surface area contributed by atoms with Crippen molar-refractivity contribution >= 4 is 24.8 Å². The van der Waals surface area contributed by atoms with Gasteiger partial charge < -0.3 is 0 Å². The summed E-state index contributed by atoms with van der Waals surface area (Å²) in [6.45, 7) is 3.93. The minimum absolute atomic E-state index is 0.0379. The summed E-state index contributed by atoms with van der Waals surface area (Å²) in [7, 11) is -2.27. The average molecular weight is 472 g/mol. The van der Waals surface area contributed by atoms with E-state index in [-0.39, 0.29) is 24.3 Å². The molecule has 2 fully saturated rings. The fraction of sp³-hybridized carbons (Fsp3) is 0.481. The van der Waals surface area contributed by atoms with Gasteiger partial charge in [0, 0.05) is 0 Å². The van der Waals surface area contributed by atoms with Gasteiger partial charge in [0.2, 0.25) is 0 Å². The number of ether oxygens (including phenoxy) is 1. The van der Waals surface area contributed by atoms with E-state index in [9.17, 15) is 14.0 Å². The molecule has 0 bridgehead atoms. The number of amides is 1. The summed E-state index contributed by atoms with van der Waals surface area (Å²) in [6, 6.07) is 12.7. The Hall–Kier alpha value is -2.26. The molecule has 1 heterocycles. The molecule has 1 amide bonds. The second-order valence-corrected chi connectivity index (χ2v) is 14.8. The van der Waals surface area contributed by atoms with Gasteiger partial charge in [-0.2, -0.15) is 0 Å². The molecule has 178 valence electrons. The van der Waals surface area contributed by atoms with E-state index >= 15 is 0 Å². The van der Waals surface area contributed by atoms with Crippen molar-refractivity contribution in [1.29, 1.82) is 0 Å². The zero-order valence-electron chi connectivity index (χ0n) is 19.7. The number of halogens is 1. The summed E-state index contributed by atoms with van der Waals surface area (Å²) in [6.07, 6.45) is 8.46. The summed E-state index contributed by atoms with van der Waals surface area (Å²) >= 11 is 0. The van der Waals surface area contributed by atoms with Crippen molar-refractivity contribution in [3.63, 3.8) is 0 Å². The van der Waals surface area contributed by atoms with Gasteiger partial charge in [0.15, 0.2) is 0 Å². The van der Waals surface area contributed by atoms with Gasteiger partial charge in [0.25, 0.3) is 0 Å². The van der Waals surface area contributed by atoms with E-state index < -0.39 is 12.4 Å². The van der Waals surface area contributed by atoms with Crippen LogP contribution in [0.3, 0.4) is 0 Å². The SMILES string of the molecule is Cc1cc(F)cc(C)c1NC(=O)C1([PH]2(CC(=O)OCc3ccccc3)CCCCC2)CCC1. The number of benzene rings is 2. The van der Waals surface area contributed by atoms with Crippen LogP contribution in [-0.2, 0) is 20.9 Å². The standard InChI is InChI=1S/C27H35FNO3P/c1-20-16-23(28)17-21(2)25(20)29-26(31)27(12-9-13-27)33(14-7-4-8-15-33)19-24(30)32-18-22-10-5-3-6-11-22/h3,5-6,10-11,16-17,33H,4,7-9,12-15,18-19H2,1-2H3,(H,29,31). The van der Waals surface area contributed by atoms with Crippen molar-refractivity contribution in [3.05, 3.63) is 65.0 Å². The van der Waals surface area contributed by atoms with Gasteiger partial charge in [-0.05, 0) is 0 Å². The molecular weight excluding hydrogens is 436 g/mol. The number of carbonyl (C=O) groups is 2. The van der Waals surface area contributed by atoms with Crippen LogP contribution in [0, 0.1) is 19.7 Å².